The van der Waals surface area contributed by atoms with Gasteiger partial charge in [0.05, 0.1) is 6.20 Å². The smallest absolute Gasteiger partial charge is 0.252 e. The van der Waals surface area contributed by atoms with Gasteiger partial charge in [-0.25, -0.2) is 8.99 Å². The number of benzene rings is 1. The van der Waals surface area contributed by atoms with Gasteiger partial charge in [-0.2, -0.15) is 23.6 Å². The monoisotopic (exact) mass is 358 g/mol. The molecule has 3 aromatic rings. The quantitative estimate of drug-likeness (QED) is 0.686. The van der Waals surface area contributed by atoms with Crippen LogP contribution in [0.1, 0.15) is 12.0 Å². The van der Waals surface area contributed by atoms with Gasteiger partial charge >= 0.3 is 0 Å². The zero-order valence-electron chi connectivity index (χ0n) is 13.6. The fraction of sp³-hybridized carbons (Fsp3) is 0.312. The van der Waals surface area contributed by atoms with Gasteiger partial charge in [-0.05, 0) is 24.5 Å². The molecule has 0 radical (unpaired) electrons. The van der Waals surface area contributed by atoms with E-state index in [9.17, 15) is 8.42 Å². The van der Waals surface area contributed by atoms with Gasteiger partial charge in [-0.3, -0.25) is 4.68 Å². The number of rotatable bonds is 5. The molecule has 1 aliphatic heterocycles. The normalized spacial score (nSPS) is 14.5. The molecule has 1 aromatic carbocycles. The molecule has 0 unspecified atom stereocenters. The fourth-order valence-electron chi connectivity index (χ4n) is 3.00. The molecule has 3 heterocycles. The van der Waals surface area contributed by atoms with Gasteiger partial charge in [-0.1, -0.05) is 30.3 Å². The molecule has 130 valence electrons. The van der Waals surface area contributed by atoms with E-state index in [0.717, 1.165) is 5.56 Å². The molecule has 0 atom stereocenters. The summed E-state index contributed by atoms with van der Waals surface area (Å²) in [4.78, 5) is 4.11. The highest BCUT2D eigenvalue weighted by atomic mass is 32.2. The number of hydrogen-bond donors (Lipinski definition) is 0. The number of fused-ring (bicyclic) bond motifs is 1. The summed E-state index contributed by atoms with van der Waals surface area (Å²) in [5, 5.41) is 8.46. The molecule has 1 aliphatic rings. The van der Waals surface area contributed by atoms with Crippen LogP contribution >= 0.6 is 0 Å². The van der Waals surface area contributed by atoms with E-state index < -0.39 is 10.0 Å². The van der Waals surface area contributed by atoms with Crippen molar-refractivity contribution in [3.8, 4) is 0 Å². The lowest BCUT2D eigenvalue weighted by Gasteiger charge is -2.27. The third-order valence-electron chi connectivity index (χ3n) is 4.24. The van der Waals surface area contributed by atoms with Crippen LogP contribution < -0.4 is 4.31 Å². The Balaban J connectivity index is 1.61. The highest BCUT2D eigenvalue weighted by molar-refractivity contribution is 7.92. The summed E-state index contributed by atoms with van der Waals surface area (Å²) in [5.74, 6) is 0.363. The number of aryl methyl sites for hydroxylation is 3. The van der Waals surface area contributed by atoms with Crippen molar-refractivity contribution >= 4 is 16.0 Å². The fourth-order valence-corrected chi connectivity index (χ4v) is 4.59. The molecule has 0 aliphatic carbocycles. The predicted octanol–water partition coefficient (Wildman–Crippen LogP) is 1.32. The molecule has 25 heavy (non-hydrogen) atoms. The number of anilines is 1. The van der Waals surface area contributed by atoms with Gasteiger partial charge in [-0.15, -0.1) is 0 Å². The Morgan fingerprint density at radius 1 is 1.04 bits per heavy atom. The largest absolute Gasteiger partial charge is 0.283 e. The summed E-state index contributed by atoms with van der Waals surface area (Å²) in [5.41, 5.74) is 1.14. The van der Waals surface area contributed by atoms with Gasteiger partial charge < -0.3 is 0 Å². The highest BCUT2D eigenvalue weighted by Gasteiger charge is 2.33. The lowest BCUT2D eigenvalue weighted by molar-refractivity contribution is 0.512. The van der Waals surface area contributed by atoms with E-state index in [4.69, 9.17) is 0 Å². The first-order valence-corrected chi connectivity index (χ1v) is 9.56. The minimum Gasteiger partial charge on any atom is -0.252 e. The molecule has 0 saturated carbocycles. The first-order valence-electron chi connectivity index (χ1n) is 8.12. The van der Waals surface area contributed by atoms with Crippen LogP contribution in [-0.4, -0.2) is 39.5 Å². The number of aromatic nitrogens is 5. The van der Waals surface area contributed by atoms with Crippen molar-refractivity contribution in [3.05, 3.63) is 54.5 Å². The van der Waals surface area contributed by atoms with Crippen LogP contribution in [-0.2, 0) is 29.5 Å². The van der Waals surface area contributed by atoms with Gasteiger partial charge in [0.1, 0.15) is 6.33 Å². The Morgan fingerprint density at radius 3 is 2.72 bits per heavy atom. The van der Waals surface area contributed by atoms with Crippen molar-refractivity contribution in [1.82, 2.24) is 24.5 Å². The molecule has 0 bridgehead atoms. The molecule has 0 fully saturated rings. The van der Waals surface area contributed by atoms with Crippen LogP contribution in [0.3, 0.4) is 0 Å². The Labute approximate surface area is 145 Å². The third-order valence-corrected chi connectivity index (χ3v) is 6.04. The van der Waals surface area contributed by atoms with Crippen molar-refractivity contribution in [2.45, 2.75) is 31.0 Å². The van der Waals surface area contributed by atoms with E-state index in [2.05, 4.69) is 15.2 Å². The second kappa shape index (κ2) is 6.32. The van der Waals surface area contributed by atoms with E-state index in [1.807, 2.05) is 30.3 Å². The van der Waals surface area contributed by atoms with Gasteiger partial charge in [0.2, 0.25) is 5.95 Å². The Morgan fingerprint density at radius 2 is 1.88 bits per heavy atom. The third kappa shape index (κ3) is 2.91. The maximum absolute atomic E-state index is 13.1. The second-order valence-electron chi connectivity index (χ2n) is 5.84. The summed E-state index contributed by atoms with van der Waals surface area (Å²) in [6, 6.07) is 11.5. The van der Waals surface area contributed by atoms with Gasteiger partial charge in [0.15, 0.2) is 5.03 Å². The van der Waals surface area contributed by atoms with Gasteiger partial charge in [0, 0.05) is 19.6 Å². The average molecular weight is 358 g/mol. The molecule has 4 rings (SSSR count). The molecular formula is C16H18N6O2S. The Bertz CT molecular complexity index is 963. The van der Waals surface area contributed by atoms with Crippen molar-refractivity contribution in [3.63, 3.8) is 0 Å². The molecule has 0 saturated heterocycles. The van der Waals surface area contributed by atoms with E-state index in [-0.39, 0.29) is 5.03 Å². The van der Waals surface area contributed by atoms with Crippen LogP contribution in [0.5, 0.6) is 0 Å². The minimum absolute atomic E-state index is 0.180. The van der Waals surface area contributed by atoms with Crippen molar-refractivity contribution in [2.24, 2.45) is 0 Å². The number of sulfonamides is 1. The molecule has 0 spiro atoms. The van der Waals surface area contributed by atoms with E-state index in [1.54, 1.807) is 4.68 Å². The topological polar surface area (TPSA) is 85.9 Å². The molecule has 9 heteroatoms. The van der Waals surface area contributed by atoms with Crippen molar-refractivity contribution < 1.29 is 8.42 Å². The minimum atomic E-state index is -3.73. The van der Waals surface area contributed by atoms with Crippen LogP contribution in [0, 0.1) is 0 Å². The molecular weight excluding hydrogens is 340 g/mol. The summed E-state index contributed by atoms with van der Waals surface area (Å²) in [6.45, 7) is 1.56. The second-order valence-corrected chi connectivity index (χ2v) is 7.65. The number of hydrogen-bond acceptors (Lipinski definition) is 5. The first-order chi connectivity index (χ1) is 12.2. The zero-order valence-corrected chi connectivity index (χ0v) is 14.4. The van der Waals surface area contributed by atoms with Crippen LogP contribution in [0.2, 0.25) is 0 Å². The summed E-state index contributed by atoms with van der Waals surface area (Å²) >= 11 is 0. The van der Waals surface area contributed by atoms with Crippen LogP contribution in [0.25, 0.3) is 0 Å². The van der Waals surface area contributed by atoms with Crippen LogP contribution in [0.15, 0.2) is 53.9 Å². The van der Waals surface area contributed by atoms with Crippen molar-refractivity contribution in [2.75, 3.05) is 10.8 Å². The van der Waals surface area contributed by atoms with E-state index in [1.165, 1.54) is 27.6 Å². The number of nitrogens with zero attached hydrogens (tertiary/aromatic N) is 6. The maximum atomic E-state index is 13.1. The van der Waals surface area contributed by atoms with Crippen LogP contribution in [0.4, 0.5) is 5.95 Å². The Hall–Kier alpha value is -2.68. The summed E-state index contributed by atoms with van der Waals surface area (Å²) < 4.78 is 30.7. The maximum Gasteiger partial charge on any atom is 0.283 e. The summed E-state index contributed by atoms with van der Waals surface area (Å²) in [7, 11) is -3.73. The SMILES string of the molecule is O=S(=O)(c1ccnn1CCc1ccccc1)N1CCCn2ncnc21. The molecule has 8 nitrogen and oxygen atoms in total. The van der Waals surface area contributed by atoms with E-state index >= 15 is 0 Å². The zero-order chi connectivity index (χ0) is 17.3. The predicted molar refractivity (Wildman–Crippen MR) is 91.5 cm³/mol. The lowest BCUT2D eigenvalue weighted by Crippen LogP contribution is -2.39. The first kappa shape index (κ1) is 15.8. The van der Waals surface area contributed by atoms with Gasteiger partial charge in [0.25, 0.3) is 10.0 Å². The lowest BCUT2D eigenvalue weighted by atomic mass is 10.1. The standard InChI is InChI=1S/C16H18N6O2S/c23-25(24,22-11-4-10-21-16(22)17-13-19-21)15-7-9-18-20(15)12-8-14-5-2-1-3-6-14/h1-3,5-7,9,13H,4,8,10-12H2. The van der Waals surface area contributed by atoms with Crippen molar-refractivity contribution in [1.29, 1.82) is 0 Å². The Kier molecular flexibility index (Phi) is 4.00. The molecule has 2 aromatic heterocycles. The van der Waals surface area contributed by atoms with E-state index in [0.29, 0.717) is 38.4 Å². The average Bonchev–Trinajstić information content (AvgIpc) is 3.29. The highest BCUT2D eigenvalue weighted by Crippen LogP contribution is 2.25. The molecule has 0 N–H and O–H groups in total. The summed E-state index contributed by atoms with van der Waals surface area (Å²) in [6.07, 6.45) is 4.32. The molecule has 0 amide bonds.